The summed E-state index contributed by atoms with van der Waals surface area (Å²) < 4.78 is 11.5. The number of fused-ring (bicyclic) bond motifs is 1. The van der Waals surface area contributed by atoms with Crippen LogP contribution in [-0.2, 0) is 16.1 Å². The molecular formula is C13H16O2. The first-order valence-corrected chi connectivity index (χ1v) is 5.74. The van der Waals surface area contributed by atoms with Crippen LogP contribution in [-0.4, -0.2) is 18.3 Å². The molecule has 1 aromatic carbocycles. The third-order valence-corrected chi connectivity index (χ3v) is 3.27. The first-order valence-electron chi connectivity index (χ1n) is 5.74. The Kier molecular flexibility index (Phi) is 2.47. The summed E-state index contributed by atoms with van der Waals surface area (Å²) in [7, 11) is 0. The Morgan fingerprint density at radius 1 is 1.20 bits per heavy atom. The summed E-state index contributed by atoms with van der Waals surface area (Å²) >= 11 is 0. The van der Waals surface area contributed by atoms with Gasteiger partial charge in [-0.3, -0.25) is 0 Å². The second-order valence-electron chi connectivity index (χ2n) is 4.41. The van der Waals surface area contributed by atoms with Gasteiger partial charge in [-0.05, 0) is 24.8 Å². The molecule has 1 aromatic rings. The largest absolute Gasteiger partial charge is 0.371 e. The van der Waals surface area contributed by atoms with Crippen molar-refractivity contribution in [1.29, 1.82) is 0 Å². The van der Waals surface area contributed by atoms with Crippen molar-refractivity contribution in [3.8, 4) is 0 Å². The highest BCUT2D eigenvalue weighted by Crippen LogP contribution is 2.38. The predicted octanol–water partition coefficient (Wildman–Crippen LogP) is 2.52. The number of ether oxygens (including phenoxy) is 2. The van der Waals surface area contributed by atoms with E-state index in [2.05, 4.69) is 24.3 Å². The first kappa shape index (κ1) is 9.37. The third-order valence-electron chi connectivity index (χ3n) is 3.27. The fraction of sp³-hybridized carbons (Fsp3) is 0.538. The molecule has 2 heteroatoms. The van der Waals surface area contributed by atoms with Crippen molar-refractivity contribution in [3.63, 3.8) is 0 Å². The van der Waals surface area contributed by atoms with Crippen LogP contribution in [0, 0.1) is 0 Å². The van der Waals surface area contributed by atoms with Gasteiger partial charge in [0.2, 0.25) is 0 Å². The van der Waals surface area contributed by atoms with Crippen molar-refractivity contribution in [2.24, 2.45) is 0 Å². The third kappa shape index (κ3) is 2.06. The molecule has 1 saturated heterocycles. The zero-order chi connectivity index (χ0) is 10.1. The highest BCUT2D eigenvalue weighted by atomic mass is 16.6. The summed E-state index contributed by atoms with van der Waals surface area (Å²) in [5.74, 6) is 0. The second-order valence-corrected chi connectivity index (χ2v) is 4.41. The molecule has 1 saturated carbocycles. The molecule has 3 atom stereocenters. The lowest BCUT2D eigenvalue weighted by atomic mass is 9.98. The van der Waals surface area contributed by atoms with Crippen molar-refractivity contribution >= 4 is 0 Å². The van der Waals surface area contributed by atoms with Gasteiger partial charge in [-0.2, -0.15) is 0 Å². The van der Waals surface area contributed by atoms with E-state index < -0.39 is 0 Å². The van der Waals surface area contributed by atoms with E-state index in [4.69, 9.17) is 9.47 Å². The Bertz CT molecular complexity index is 323. The van der Waals surface area contributed by atoms with E-state index in [-0.39, 0.29) is 0 Å². The lowest BCUT2D eigenvalue weighted by molar-refractivity contribution is 0.0135. The van der Waals surface area contributed by atoms with Gasteiger partial charge in [0.25, 0.3) is 0 Å². The van der Waals surface area contributed by atoms with Gasteiger partial charge in [0.1, 0.15) is 6.10 Å². The van der Waals surface area contributed by atoms with Crippen LogP contribution in [0.2, 0.25) is 0 Å². The van der Waals surface area contributed by atoms with Gasteiger partial charge in [-0.1, -0.05) is 30.3 Å². The van der Waals surface area contributed by atoms with Crippen molar-refractivity contribution < 1.29 is 9.47 Å². The van der Waals surface area contributed by atoms with Gasteiger partial charge < -0.3 is 9.47 Å². The zero-order valence-corrected chi connectivity index (χ0v) is 8.76. The van der Waals surface area contributed by atoms with E-state index >= 15 is 0 Å². The molecule has 2 nitrogen and oxygen atoms in total. The molecule has 1 aliphatic heterocycles. The van der Waals surface area contributed by atoms with Crippen LogP contribution < -0.4 is 0 Å². The SMILES string of the molecule is c1ccc(CO[C@H]2CCC[C@H]3O[C@H]23)cc1. The molecule has 3 rings (SSSR count). The molecule has 80 valence electrons. The molecule has 2 aliphatic rings. The minimum absolute atomic E-state index is 0.337. The maximum Gasteiger partial charge on any atom is 0.110 e. The van der Waals surface area contributed by atoms with Crippen molar-refractivity contribution in [2.75, 3.05) is 0 Å². The Balaban J connectivity index is 1.54. The van der Waals surface area contributed by atoms with E-state index in [1.165, 1.54) is 18.4 Å². The van der Waals surface area contributed by atoms with Crippen molar-refractivity contribution in [3.05, 3.63) is 35.9 Å². The summed E-state index contributed by atoms with van der Waals surface area (Å²) in [6.07, 6.45) is 4.90. The molecule has 0 aromatic heterocycles. The van der Waals surface area contributed by atoms with Gasteiger partial charge in [-0.15, -0.1) is 0 Å². The zero-order valence-electron chi connectivity index (χ0n) is 8.76. The summed E-state index contributed by atoms with van der Waals surface area (Å²) in [5.41, 5.74) is 1.25. The van der Waals surface area contributed by atoms with E-state index in [0.29, 0.717) is 18.3 Å². The Morgan fingerprint density at radius 2 is 2.07 bits per heavy atom. The van der Waals surface area contributed by atoms with Crippen LogP contribution in [0.25, 0.3) is 0 Å². The smallest absolute Gasteiger partial charge is 0.110 e. The molecule has 1 heterocycles. The average Bonchev–Trinajstić information content (AvgIpc) is 3.07. The van der Waals surface area contributed by atoms with Gasteiger partial charge in [0.05, 0.1) is 18.8 Å². The van der Waals surface area contributed by atoms with Crippen molar-refractivity contribution in [2.45, 2.75) is 44.2 Å². The molecule has 0 unspecified atom stereocenters. The normalized spacial score (nSPS) is 33.5. The molecule has 2 fully saturated rings. The average molecular weight is 204 g/mol. The van der Waals surface area contributed by atoms with Crippen LogP contribution >= 0.6 is 0 Å². The molecule has 0 bridgehead atoms. The quantitative estimate of drug-likeness (QED) is 0.706. The lowest BCUT2D eigenvalue weighted by Crippen LogP contribution is -2.25. The van der Waals surface area contributed by atoms with Crippen LogP contribution in [0.15, 0.2) is 30.3 Å². The van der Waals surface area contributed by atoms with E-state index in [0.717, 1.165) is 13.0 Å². The first-order chi connectivity index (χ1) is 7.43. The summed E-state index contributed by atoms with van der Waals surface area (Å²) in [6, 6.07) is 10.3. The second kappa shape index (κ2) is 3.95. The minimum atomic E-state index is 0.337. The van der Waals surface area contributed by atoms with Crippen LogP contribution in [0.4, 0.5) is 0 Å². The molecule has 0 amide bonds. The minimum Gasteiger partial charge on any atom is -0.371 e. The van der Waals surface area contributed by atoms with Gasteiger partial charge in [0.15, 0.2) is 0 Å². The molecule has 0 N–H and O–H groups in total. The van der Waals surface area contributed by atoms with Gasteiger partial charge in [-0.25, -0.2) is 0 Å². The maximum absolute atomic E-state index is 5.90. The molecule has 0 radical (unpaired) electrons. The van der Waals surface area contributed by atoms with E-state index in [9.17, 15) is 0 Å². The van der Waals surface area contributed by atoms with Crippen molar-refractivity contribution in [1.82, 2.24) is 0 Å². The highest BCUT2D eigenvalue weighted by Gasteiger charge is 2.47. The summed E-state index contributed by atoms with van der Waals surface area (Å²) in [4.78, 5) is 0. The Hall–Kier alpha value is -0.860. The molecule has 15 heavy (non-hydrogen) atoms. The fourth-order valence-corrected chi connectivity index (χ4v) is 2.36. The molecular weight excluding hydrogens is 188 g/mol. The number of hydrogen-bond acceptors (Lipinski definition) is 2. The number of rotatable bonds is 3. The number of epoxide rings is 1. The van der Waals surface area contributed by atoms with Crippen LogP contribution in [0.1, 0.15) is 24.8 Å². The highest BCUT2D eigenvalue weighted by molar-refractivity contribution is 5.13. The van der Waals surface area contributed by atoms with Crippen LogP contribution in [0.3, 0.4) is 0 Å². The van der Waals surface area contributed by atoms with E-state index in [1.807, 2.05) is 6.07 Å². The van der Waals surface area contributed by atoms with Crippen LogP contribution in [0.5, 0.6) is 0 Å². The number of hydrogen-bond donors (Lipinski definition) is 0. The Morgan fingerprint density at radius 3 is 2.93 bits per heavy atom. The van der Waals surface area contributed by atoms with Gasteiger partial charge >= 0.3 is 0 Å². The maximum atomic E-state index is 5.90. The lowest BCUT2D eigenvalue weighted by Gasteiger charge is -2.18. The fourth-order valence-electron chi connectivity index (χ4n) is 2.36. The summed E-state index contributed by atoms with van der Waals surface area (Å²) in [5, 5.41) is 0. The Labute approximate surface area is 90.2 Å². The monoisotopic (exact) mass is 204 g/mol. The molecule has 1 aliphatic carbocycles. The van der Waals surface area contributed by atoms with E-state index in [1.54, 1.807) is 0 Å². The standard InChI is InChI=1S/C13H16O2/c1-2-5-10(6-3-1)9-14-11-7-4-8-12-13(11)15-12/h1-3,5-6,11-13H,4,7-9H2/t11-,12+,13+/m0/s1. The molecule has 0 spiro atoms. The van der Waals surface area contributed by atoms with Gasteiger partial charge in [0, 0.05) is 0 Å². The summed E-state index contributed by atoms with van der Waals surface area (Å²) in [6.45, 7) is 0.720. The number of benzene rings is 1. The predicted molar refractivity (Wildman–Crippen MR) is 57.5 cm³/mol. The topological polar surface area (TPSA) is 21.8 Å².